The molecule has 0 saturated heterocycles. The van der Waals surface area contributed by atoms with Crippen molar-refractivity contribution in [3.63, 3.8) is 0 Å². The van der Waals surface area contributed by atoms with Gasteiger partial charge in [0.1, 0.15) is 5.82 Å². The van der Waals surface area contributed by atoms with Gasteiger partial charge < -0.3 is 4.90 Å². The first-order chi connectivity index (χ1) is 7.10. The summed E-state index contributed by atoms with van der Waals surface area (Å²) in [4.78, 5) is 6.77. The van der Waals surface area contributed by atoms with Gasteiger partial charge in [-0.05, 0) is 44.9 Å². The fourth-order valence-corrected chi connectivity index (χ4v) is 1.91. The number of hydrogen-bond acceptors (Lipinski definition) is 2. The SMILES string of the molecule is CCN(c1ncc(CCl)cc1C)C(C)C. The lowest BCUT2D eigenvalue weighted by atomic mass is 10.2. The molecule has 0 atom stereocenters. The van der Waals surface area contributed by atoms with Crippen LogP contribution in [0.4, 0.5) is 5.82 Å². The number of pyridine rings is 1. The summed E-state index contributed by atoms with van der Waals surface area (Å²) in [6.45, 7) is 9.58. The summed E-state index contributed by atoms with van der Waals surface area (Å²) in [5.74, 6) is 1.60. The Morgan fingerprint density at radius 2 is 2.13 bits per heavy atom. The summed E-state index contributed by atoms with van der Waals surface area (Å²) in [6.07, 6.45) is 1.86. The Balaban J connectivity index is 3.03. The number of rotatable bonds is 4. The highest BCUT2D eigenvalue weighted by Gasteiger charge is 2.12. The smallest absolute Gasteiger partial charge is 0.131 e. The maximum absolute atomic E-state index is 5.77. The molecule has 0 aromatic carbocycles. The van der Waals surface area contributed by atoms with E-state index in [9.17, 15) is 0 Å². The Bertz CT molecular complexity index is 323. The molecule has 2 nitrogen and oxygen atoms in total. The second kappa shape index (κ2) is 5.36. The van der Waals surface area contributed by atoms with Crippen LogP contribution in [0.2, 0.25) is 0 Å². The van der Waals surface area contributed by atoms with Gasteiger partial charge in [-0.3, -0.25) is 0 Å². The predicted octanol–water partition coefficient (Wildman–Crippen LogP) is 3.36. The van der Waals surface area contributed by atoms with Crippen LogP contribution in [0.5, 0.6) is 0 Å². The molecule has 3 heteroatoms. The molecule has 84 valence electrons. The second-order valence-corrected chi connectivity index (χ2v) is 4.26. The topological polar surface area (TPSA) is 16.1 Å². The van der Waals surface area contributed by atoms with Gasteiger partial charge in [-0.1, -0.05) is 0 Å². The molecule has 0 fully saturated rings. The van der Waals surface area contributed by atoms with Crippen molar-refractivity contribution in [2.75, 3.05) is 11.4 Å². The van der Waals surface area contributed by atoms with Crippen LogP contribution in [0.15, 0.2) is 12.3 Å². The quantitative estimate of drug-likeness (QED) is 0.732. The van der Waals surface area contributed by atoms with Crippen LogP contribution in [0.25, 0.3) is 0 Å². The van der Waals surface area contributed by atoms with E-state index in [2.05, 4.69) is 43.6 Å². The zero-order valence-electron chi connectivity index (χ0n) is 9.92. The molecule has 0 spiro atoms. The standard InChI is InChI=1S/C12H19ClN2/c1-5-15(9(2)3)12-10(4)6-11(7-13)8-14-12/h6,8-9H,5,7H2,1-4H3. The second-order valence-electron chi connectivity index (χ2n) is 4.00. The highest BCUT2D eigenvalue weighted by atomic mass is 35.5. The Morgan fingerprint density at radius 3 is 2.53 bits per heavy atom. The molecule has 0 N–H and O–H groups in total. The van der Waals surface area contributed by atoms with E-state index < -0.39 is 0 Å². The molecular formula is C12H19ClN2. The summed E-state index contributed by atoms with van der Waals surface area (Å²) in [5.41, 5.74) is 2.28. The predicted molar refractivity (Wildman–Crippen MR) is 66.7 cm³/mol. The fourth-order valence-electron chi connectivity index (χ4n) is 1.76. The molecule has 0 saturated carbocycles. The normalized spacial score (nSPS) is 10.8. The molecule has 0 aliphatic heterocycles. The molecule has 0 unspecified atom stereocenters. The van der Waals surface area contributed by atoms with Crippen LogP contribution >= 0.6 is 11.6 Å². The maximum atomic E-state index is 5.77. The van der Waals surface area contributed by atoms with Crippen LogP contribution < -0.4 is 4.90 Å². The highest BCUT2D eigenvalue weighted by Crippen LogP contribution is 2.20. The van der Waals surface area contributed by atoms with Crippen LogP contribution in [0.1, 0.15) is 31.9 Å². The summed E-state index contributed by atoms with van der Waals surface area (Å²) in [6, 6.07) is 2.59. The third-order valence-electron chi connectivity index (χ3n) is 2.50. The van der Waals surface area contributed by atoms with Crippen LogP contribution in [-0.4, -0.2) is 17.6 Å². The van der Waals surface area contributed by atoms with Crippen molar-refractivity contribution < 1.29 is 0 Å². The van der Waals surface area contributed by atoms with Crippen molar-refractivity contribution in [2.45, 2.75) is 39.6 Å². The molecule has 0 aliphatic carbocycles. The molecule has 0 amide bonds. The lowest BCUT2D eigenvalue weighted by Gasteiger charge is -2.27. The first-order valence-corrected chi connectivity index (χ1v) is 5.91. The zero-order valence-corrected chi connectivity index (χ0v) is 10.7. The number of alkyl halides is 1. The van der Waals surface area contributed by atoms with Gasteiger partial charge in [0, 0.05) is 24.7 Å². The van der Waals surface area contributed by atoms with Gasteiger partial charge in [0.15, 0.2) is 0 Å². The fraction of sp³-hybridized carbons (Fsp3) is 0.583. The van der Waals surface area contributed by atoms with Crippen molar-refractivity contribution >= 4 is 17.4 Å². The average molecular weight is 227 g/mol. The molecule has 0 bridgehead atoms. The Morgan fingerprint density at radius 1 is 1.47 bits per heavy atom. The van der Waals surface area contributed by atoms with Gasteiger partial charge in [0.2, 0.25) is 0 Å². The molecule has 0 aliphatic rings. The Labute approximate surface area is 97.3 Å². The molecular weight excluding hydrogens is 208 g/mol. The molecule has 15 heavy (non-hydrogen) atoms. The molecule has 1 aromatic rings. The third-order valence-corrected chi connectivity index (χ3v) is 2.81. The van der Waals surface area contributed by atoms with Gasteiger partial charge in [-0.15, -0.1) is 11.6 Å². The number of anilines is 1. The van der Waals surface area contributed by atoms with Gasteiger partial charge >= 0.3 is 0 Å². The minimum absolute atomic E-state index is 0.475. The summed E-state index contributed by atoms with van der Waals surface area (Å²) < 4.78 is 0. The van der Waals surface area contributed by atoms with E-state index in [0.717, 1.165) is 17.9 Å². The third kappa shape index (κ3) is 2.85. The minimum Gasteiger partial charge on any atom is -0.354 e. The van der Waals surface area contributed by atoms with Crippen LogP contribution in [0, 0.1) is 6.92 Å². The molecule has 1 rings (SSSR count). The van der Waals surface area contributed by atoms with Gasteiger partial charge in [0.25, 0.3) is 0 Å². The summed E-state index contributed by atoms with van der Waals surface area (Å²) >= 11 is 5.77. The molecule has 1 heterocycles. The summed E-state index contributed by atoms with van der Waals surface area (Å²) in [5, 5.41) is 0. The van der Waals surface area contributed by atoms with Gasteiger partial charge in [0.05, 0.1) is 0 Å². The Kier molecular flexibility index (Phi) is 4.40. The first-order valence-electron chi connectivity index (χ1n) is 5.38. The lowest BCUT2D eigenvalue weighted by Crippen LogP contribution is -2.31. The monoisotopic (exact) mass is 226 g/mol. The van der Waals surface area contributed by atoms with Gasteiger partial charge in [-0.2, -0.15) is 0 Å². The molecule has 0 radical (unpaired) electrons. The van der Waals surface area contributed by atoms with E-state index in [4.69, 9.17) is 11.6 Å². The van der Waals surface area contributed by atoms with Crippen molar-refractivity contribution in [3.05, 3.63) is 23.4 Å². The van der Waals surface area contributed by atoms with E-state index in [-0.39, 0.29) is 0 Å². The van der Waals surface area contributed by atoms with Crippen molar-refractivity contribution in [1.29, 1.82) is 0 Å². The highest BCUT2D eigenvalue weighted by molar-refractivity contribution is 6.17. The van der Waals surface area contributed by atoms with Crippen molar-refractivity contribution in [1.82, 2.24) is 4.98 Å². The maximum Gasteiger partial charge on any atom is 0.131 e. The van der Waals surface area contributed by atoms with Crippen LogP contribution in [0.3, 0.4) is 0 Å². The summed E-state index contributed by atoms with van der Waals surface area (Å²) in [7, 11) is 0. The van der Waals surface area contributed by atoms with E-state index in [0.29, 0.717) is 11.9 Å². The van der Waals surface area contributed by atoms with E-state index >= 15 is 0 Å². The zero-order chi connectivity index (χ0) is 11.4. The Hall–Kier alpha value is -0.760. The minimum atomic E-state index is 0.475. The number of halogens is 1. The number of nitrogens with zero attached hydrogens (tertiary/aromatic N) is 2. The van der Waals surface area contributed by atoms with Crippen molar-refractivity contribution in [3.8, 4) is 0 Å². The van der Waals surface area contributed by atoms with E-state index in [1.807, 2.05) is 6.20 Å². The molecule has 1 aromatic heterocycles. The number of aromatic nitrogens is 1. The largest absolute Gasteiger partial charge is 0.354 e. The first kappa shape index (κ1) is 12.3. The van der Waals surface area contributed by atoms with E-state index in [1.54, 1.807) is 0 Å². The number of aryl methyl sites for hydroxylation is 1. The van der Waals surface area contributed by atoms with Gasteiger partial charge in [-0.25, -0.2) is 4.98 Å². The number of hydrogen-bond donors (Lipinski definition) is 0. The lowest BCUT2D eigenvalue weighted by molar-refractivity contribution is 0.690. The van der Waals surface area contributed by atoms with E-state index in [1.165, 1.54) is 5.56 Å². The van der Waals surface area contributed by atoms with Crippen molar-refractivity contribution in [2.24, 2.45) is 0 Å². The average Bonchev–Trinajstić information content (AvgIpc) is 2.20. The van der Waals surface area contributed by atoms with Crippen LogP contribution in [-0.2, 0) is 5.88 Å².